The fourth-order valence-electron chi connectivity index (χ4n) is 1.33. The molecule has 13 heavy (non-hydrogen) atoms. The molecule has 0 aliphatic heterocycles. The summed E-state index contributed by atoms with van der Waals surface area (Å²) in [6, 6.07) is 0. The van der Waals surface area contributed by atoms with Gasteiger partial charge in [-0.15, -0.1) is 0 Å². The second-order valence-electron chi connectivity index (χ2n) is 3.27. The summed E-state index contributed by atoms with van der Waals surface area (Å²) < 4.78 is 1.89. The third-order valence-corrected chi connectivity index (χ3v) is 2.37. The molecule has 1 heterocycles. The van der Waals surface area contributed by atoms with E-state index in [4.69, 9.17) is 5.73 Å². The van der Waals surface area contributed by atoms with E-state index in [1.807, 2.05) is 4.68 Å². The second-order valence-corrected chi connectivity index (χ2v) is 3.27. The minimum absolute atomic E-state index is 0.427. The summed E-state index contributed by atoms with van der Waals surface area (Å²) in [5.41, 5.74) is 5.42. The van der Waals surface area contributed by atoms with Gasteiger partial charge in [0.15, 0.2) is 5.82 Å². The van der Waals surface area contributed by atoms with Crippen molar-refractivity contribution in [3.05, 3.63) is 12.2 Å². The van der Waals surface area contributed by atoms with Gasteiger partial charge < -0.3 is 5.73 Å². The molecule has 74 valence electrons. The van der Waals surface area contributed by atoms with E-state index in [1.165, 1.54) is 12.8 Å². The molecule has 4 nitrogen and oxygen atoms in total. The van der Waals surface area contributed by atoms with E-state index in [1.54, 1.807) is 6.33 Å². The SMILES string of the molecule is CCC(CC)Cn1cnc(CN)n1. The highest BCUT2D eigenvalue weighted by atomic mass is 15.3. The average Bonchev–Trinajstić information content (AvgIpc) is 2.61. The van der Waals surface area contributed by atoms with Gasteiger partial charge in [0.2, 0.25) is 0 Å². The molecule has 1 aromatic heterocycles. The predicted molar refractivity (Wildman–Crippen MR) is 52.0 cm³/mol. The highest BCUT2D eigenvalue weighted by Gasteiger charge is 2.05. The molecule has 0 saturated carbocycles. The van der Waals surface area contributed by atoms with Crippen molar-refractivity contribution in [2.75, 3.05) is 0 Å². The van der Waals surface area contributed by atoms with E-state index in [2.05, 4.69) is 23.9 Å². The first-order valence-electron chi connectivity index (χ1n) is 4.88. The van der Waals surface area contributed by atoms with E-state index in [0.29, 0.717) is 12.5 Å². The number of hydrogen-bond acceptors (Lipinski definition) is 3. The normalized spacial score (nSPS) is 11.1. The van der Waals surface area contributed by atoms with Gasteiger partial charge in [-0.05, 0) is 5.92 Å². The van der Waals surface area contributed by atoms with Gasteiger partial charge in [0.25, 0.3) is 0 Å². The van der Waals surface area contributed by atoms with Crippen LogP contribution in [0.3, 0.4) is 0 Å². The van der Waals surface area contributed by atoms with Crippen molar-refractivity contribution in [1.29, 1.82) is 0 Å². The van der Waals surface area contributed by atoms with Crippen molar-refractivity contribution in [3.8, 4) is 0 Å². The Morgan fingerprint density at radius 3 is 2.62 bits per heavy atom. The molecule has 1 aromatic rings. The Bertz CT molecular complexity index is 240. The summed E-state index contributed by atoms with van der Waals surface area (Å²) >= 11 is 0. The molecule has 0 radical (unpaired) electrons. The number of nitrogens with two attached hydrogens (primary N) is 1. The third-order valence-electron chi connectivity index (χ3n) is 2.37. The molecule has 0 aromatic carbocycles. The lowest BCUT2D eigenvalue weighted by atomic mass is 10.0. The molecule has 0 spiro atoms. The molecule has 1 rings (SSSR count). The van der Waals surface area contributed by atoms with Crippen molar-refractivity contribution >= 4 is 0 Å². The van der Waals surface area contributed by atoms with Gasteiger partial charge in [-0.2, -0.15) is 5.10 Å². The molecule has 0 amide bonds. The Labute approximate surface area is 79.2 Å². The maximum absolute atomic E-state index is 5.42. The van der Waals surface area contributed by atoms with Gasteiger partial charge in [0.1, 0.15) is 6.33 Å². The zero-order valence-electron chi connectivity index (χ0n) is 8.40. The van der Waals surface area contributed by atoms with E-state index in [0.717, 1.165) is 12.4 Å². The van der Waals surface area contributed by atoms with Crippen molar-refractivity contribution in [3.63, 3.8) is 0 Å². The summed E-state index contributed by atoms with van der Waals surface area (Å²) in [4.78, 5) is 4.08. The van der Waals surface area contributed by atoms with Gasteiger partial charge in [-0.1, -0.05) is 26.7 Å². The zero-order chi connectivity index (χ0) is 9.68. The number of nitrogens with zero attached hydrogens (tertiary/aromatic N) is 3. The average molecular weight is 182 g/mol. The fraction of sp³-hybridized carbons (Fsp3) is 0.778. The lowest BCUT2D eigenvalue weighted by molar-refractivity contribution is 0.394. The van der Waals surface area contributed by atoms with Crippen molar-refractivity contribution < 1.29 is 0 Å². The minimum atomic E-state index is 0.427. The van der Waals surface area contributed by atoms with Gasteiger partial charge in [-0.3, -0.25) is 4.68 Å². The summed E-state index contributed by atoms with van der Waals surface area (Å²) in [6.45, 7) is 5.79. The smallest absolute Gasteiger partial charge is 0.164 e. The molecule has 0 aliphatic rings. The van der Waals surface area contributed by atoms with Crippen LogP contribution >= 0.6 is 0 Å². The summed E-state index contributed by atoms with van der Waals surface area (Å²) in [5, 5.41) is 4.24. The molecule has 0 unspecified atom stereocenters. The molecule has 0 aliphatic carbocycles. The standard InChI is InChI=1S/C9H18N4/c1-3-8(4-2)6-13-7-11-9(5-10)12-13/h7-8H,3-6,10H2,1-2H3. The van der Waals surface area contributed by atoms with Gasteiger partial charge in [0.05, 0.1) is 6.54 Å². The van der Waals surface area contributed by atoms with Gasteiger partial charge >= 0.3 is 0 Å². The summed E-state index contributed by atoms with van der Waals surface area (Å²) in [7, 11) is 0. The van der Waals surface area contributed by atoms with Crippen LogP contribution in [0.25, 0.3) is 0 Å². The monoisotopic (exact) mass is 182 g/mol. The number of aromatic nitrogens is 3. The summed E-state index contributed by atoms with van der Waals surface area (Å²) in [5.74, 6) is 1.43. The second kappa shape index (κ2) is 4.97. The van der Waals surface area contributed by atoms with Crippen LogP contribution in [0.2, 0.25) is 0 Å². The molecular formula is C9H18N4. The Hall–Kier alpha value is -0.900. The van der Waals surface area contributed by atoms with Crippen LogP contribution in [-0.4, -0.2) is 14.8 Å². The lowest BCUT2D eigenvalue weighted by Gasteiger charge is -2.10. The molecule has 0 saturated heterocycles. The van der Waals surface area contributed by atoms with E-state index in [-0.39, 0.29) is 0 Å². The maximum Gasteiger partial charge on any atom is 0.164 e. The molecule has 2 N–H and O–H groups in total. The topological polar surface area (TPSA) is 56.7 Å². The van der Waals surface area contributed by atoms with Crippen LogP contribution in [-0.2, 0) is 13.1 Å². The van der Waals surface area contributed by atoms with Gasteiger partial charge in [-0.25, -0.2) is 4.98 Å². The first kappa shape index (κ1) is 10.2. The first-order chi connectivity index (χ1) is 6.30. The molecule has 0 fully saturated rings. The summed E-state index contributed by atoms with van der Waals surface area (Å²) in [6.07, 6.45) is 4.14. The van der Waals surface area contributed by atoms with Crippen LogP contribution in [0.15, 0.2) is 6.33 Å². The van der Waals surface area contributed by atoms with E-state index in [9.17, 15) is 0 Å². The predicted octanol–water partition coefficient (Wildman–Crippen LogP) is 1.17. The Balaban J connectivity index is 2.52. The molecule has 0 atom stereocenters. The van der Waals surface area contributed by atoms with Crippen LogP contribution < -0.4 is 5.73 Å². The quantitative estimate of drug-likeness (QED) is 0.743. The van der Waals surface area contributed by atoms with Gasteiger partial charge in [0, 0.05) is 6.54 Å². The van der Waals surface area contributed by atoms with Crippen LogP contribution in [0.1, 0.15) is 32.5 Å². The van der Waals surface area contributed by atoms with Crippen LogP contribution in [0.5, 0.6) is 0 Å². The third kappa shape index (κ3) is 2.81. The zero-order valence-corrected chi connectivity index (χ0v) is 8.40. The number of rotatable bonds is 5. The molecular weight excluding hydrogens is 164 g/mol. The Morgan fingerprint density at radius 2 is 2.15 bits per heavy atom. The largest absolute Gasteiger partial charge is 0.324 e. The van der Waals surface area contributed by atoms with Crippen molar-refractivity contribution in [2.24, 2.45) is 11.7 Å². The highest BCUT2D eigenvalue weighted by Crippen LogP contribution is 2.09. The lowest BCUT2D eigenvalue weighted by Crippen LogP contribution is -2.10. The Kier molecular flexibility index (Phi) is 3.89. The van der Waals surface area contributed by atoms with Crippen molar-refractivity contribution in [2.45, 2.75) is 39.8 Å². The van der Waals surface area contributed by atoms with Crippen LogP contribution in [0.4, 0.5) is 0 Å². The highest BCUT2D eigenvalue weighted by molar-refractivity contribution is 4.79. The minimum Gasteiger partial charge on any atom is -0.324 e. The van der Waals surface area contributed by atoms with Crippen LogP contribution in [0, 0.1) is 5.92 Å². The molecule has 0 bridgehead atoms. The fourth-order valence-corrected chi connectivity index (χ4v) is 1.33. The molecule has 4 heteroatoms. The number of hydrogen-bond donors (Lipinski definition) is 1. The van der Waals surface area contributed by atoms with Crippen molar-refractivity contribution in [1.82, 2.24) is 14.8 Å². The Morgan fingerprint density at radius 1 is 1.46 bits per heavy atom. The van der Waals surface area contributed by atoms with E-state index >= 15 is 0 Å². The van der Waals surface area contributed by atoms with E-state index < -0.39 is 0 Å². The maximum atomic E-state index is 5.42. The first-order valence-corrected chi connectivity index (χ1v) is 4.88.